The van der Waals surface area contributed by atoms with E-state index in [1.54, 1.807) is 18.2 Å². The Hall–Kier alpha value is -1.84. The summed E-state index contributed by atoms with van der Waals surface area (Å²) in [6.07, 6.45) is 3.30. The molecule has 4 heteroatoms. The Morgan fingerprint density at radius 3 is 1.68 bits per heavy atom. The van der Waals surface area contributed by atoms with Gasteiger partial charge in [0.25, 0.3) is 0 Å². The number of esters is 2. The highest BCUT2D eigenvalue weighted by Gasteiger charge is 2.16. The normalized spacial score (nSPS) is 13.3. The number of benzene rings is 1. The zero-order chi connectivity index (χ0) is 16.5. The first kappa shape index (κ1) is 18.2. The van der Waals surface area contributed by atoms with Gasteiger partial charge in [0.05, 0.1) is 23.3 Å². The monoisotopic (exact) mass is 306 g/mol. The first-order valence-corrected chi connectivity index (χ1v) is 7.99. The van der Waals surface area contributed by atoms with Crippen molar-refractivity contribution in [1.29, 1.82) is 0 Å². The highest BCUT2D eigenvalue weighted by atomic mass is 16.5. The minimum absolute atomic E-state index is 0.127. The lowest BCUT2D eigenvalue weighted by Crippen LogP contribution is -2.17. The molecule has 0 heterocycles. The number of rotatable bonds is 8. The van der Waals surface area contributed by atoms with Gasteiger partial charge in [-0.3, -0.25) is 0 Å². The van der Waals surface area contributed by atoms with Crippen LogP contribution in [-0.4, -0.2) is 24.1 Å². The molecule has 0 amide bonds. The van der Waals surface area contributed by atoms with E-state index in [-0.39, 0.29) is 12.2 Å². The average molecular weight is 306 g/mol. The van der Waals surface area contributed by atoms with Gasteiger partial charge in [0.1, 0.15) is 0 Å². The maximum Gasteiger partial charge on any atom is 0.338 e. The molecule has 0 bridgehead atoms. The smallest absolute Gasteiger partial charge is 0.338 e. The Bertz CT molecular complexity index is 454. The van der Waals surface area contributed by atoms with Crippen LogP contribution in [0.3, 0.4) is 0 Å². The maximum absolute atomic E-state index is 12.1. The second-order valence-electron chi connectivity index (χ2n) is 5.59. The van der Waals surface area contributed by atoms with E-state index >= 15 is 0 Å². The Labute approximate surface area is 132 Å². The van der Waals surface area contributed by atoms with Crippen LogP contribution in [0, 0.1) is 0 Å². The number of hydrogen-bond donors (Lipinski definition) is 0. The van der Waals surface area contributed by atoms with Crippen LogP contribution in [0.4, 0.5) is 0 Å². The van der Waals surface area contributed by atoms with Gasteiger partial charge in [-0.05, 0) is 44.9 Å². The van der Waals surface area contributed by atoms with Crippen LogP contribution >= 0.6 is 0 Å². The molecule has 1 aromatic carbocycles. The summed E-state index contributed by atoms with van der Waals surface area (Å²) in [4.78, 5) is 24.1. The summed E-state index contributed by atoms with van der Waals surface area (Å²) in [7, 11) is 0. The fourth-order valence-electron chi connectivity index (χ4n) is 2.21. The van der Waals surface area contributed by atoms with Gasteiger partial charge in [0.2, 0.25) is 0 Å². The van der Waals surface area contributed by atoms with Crippen LogP contribution < -0.4 is 0 Å². The van der Waals surface area contributed by atoms with Crippen molar-refractivity contribution >= 4 is 11.9 Å². The molecule has 4 nitrogen and oxygen atoms in total. The molecule has 0 N–H and O–H groups in total. The molecule has 2 unspecified atom stereocenters. The Balaban J connectivity index is 2.72. The molecular weight excluding hydrogens is 280 g/mol. The maximum atomic E-state index is 12.1. The van der Waals surface area contributed by atoms with E-state index in [4.69, 9.17) is 9.47 Å². The van der Waals surface area contributed by atoms with Crippen molar-refractivity contribution < 1.29 is 19.1 Å². The molecule has 22 heavy (non-hydrogen) atoms. The fourth-order valence-corrected chi connectivity index (χ4v) is 2.21. The first-order chi connectivity index (χ1) is 10.5. The van der Waals surface area contributed by atoms with Crippen LogP contribution in [0.2, 0.25) is 0 Å². The van der Waals surface area contributed by atoms with Crippen molar-refractivity contribution in [2.45, 2.75) is 65.6 Å². The molecule has 0 fully saturated rings. The second kappa shape index (κ2) is 9.23. The molecule has 0 aliphatic carbocycles. The molecule has 0 saturated heterocycles. The summed E-state index contributed by atoms with van der Waals surface area (Å²) < 4.78 is 10.7. The summed E-state index contributed by atoms with van der Waals surface area (Å²) in [6, 6.07) is 6.49. The zero-order valence-corrected chi connectivity index (χ0v) is 13.9. The highest BCUT2D eigenvalue weighted by molar-refractivity contribution is 5.95. The first-order valence-electron chi connectivity index (χ1n) is 7.99. The molecule has 0 aromatic heterocycles. The molecular formula is C18H26O4. The Morgan fingerprint density at radius 2 is 1.32 bits per heavy atom. The van der Waals surface area contributed by atoms with Crippen molar-refractivity contribution in [2.24, 2.45) is 0 Å². The van der Waals surface area contributed by atoms with Crippen molar-refractivity contribution in [1.82, 2.24) is 0 Å². The third-order valence-corrected chi connectivity index (χ3v) is 3.34. The number of ether oxygens (including phenoxy) is 2. The van der Waals surface area contributed by atoms with E-state index in [0.717, 1.165) is 25.7 Å². The van der Waals surface area contributed by atoms with Crippen LogP contribution in [0.15, 0.2) is 24.3 Å². The number of carbonyl (C=O) groups excluding carboxylic acids is 2. The minimum atomic E-state index is -0.405. The predicted octanol–water partition coefficient (Wildman–Crippen LogP) is 4.38. The van der Waals surface area contributed by atoms with Crippen molar-refractivity contribution in [3.05, 3.63) is 35.4 Å². The lowest BCUT2D eigenvalue weighted by atomic mass is 10.1. The van der Waals surface area contributed by atoms with Gasteiger partial charge >= 0.3 is 11.9 Å². The van der Waals surface area contributed by atoms with E-state index in [1.165, 1.54) is 6.07 Å². The fraction of sp³-hybridized carbons (Fsp3) is 0.556. The topological polar surface area (TPSA) is 52.6 Å². The predicted molar refractivity (Wildman–Crippen MR) is 86.0 cm³/mol. The van der Waals surface area contributed by atoms with E-state index in [9.17, 15) is 9.59 Å². The molecule has 0 aliphatic rings. The molecule has 122 valence electrons. The highest BCUT2D eigenvalue weighted by Crippen LogP contribution is 2.13. The van der Waals surface area contributed by atoms with E-state index in [1.807, 2.05) is 27.7 Å². The van der Waals surface area contributed by atoms with E-state index in [0.29, 0.717) is 11.1 Å². The number of hydrogen-bond acceptors (Lipinski definition) is 4. The largest absolute Gasteiger partial charge is 0.459 e. The van der Waals surface area contributed by atoms with Gasteiger partial charge < -0.3 is 9.47 Å². The van der Waals surface area contributed by atoms with Gasteiger partial charge in [-0.25, -0.2) is 9.59 Å². The standard InChI is InChI=1S/C18H26O4/c1-5-8-13(3)21-17(19)15-10-7-11-16(12-15)18(20)22-14(4)9-6-2/h7,10-14H,5-6,8-9H2,1-4H3. The van der Waals surface area contributed by atoms with E-state index < -0.39 is 11.9 Å². The van der Waals surface area contributed by atoms with Gasteiger partial charge in [-0.2, -0.15) is 0 Å². The Morgan fingerprint density at radius 1 is 0.909 bits per heavy atom. The molecule has 1 aromatic rings. The lowest BCUT2D eigenvalue weighted by molar-refractivity contribution is 0.0323. The molecule has 0 radical (unpaired) electrons. The van der Waals surface area contributed by atoms with Crippen LogP contribution in [0.5, 0.6) is 0 Å². The van der Waals surface area contributed by atoms with Crippen LogP contribution in [0.25, 0.3) is 0 Å². The summed E-state index contributed by atoms with van der Waals surface area (Å²) in [5.74, 6) is -0.811. The summed E-state index contributed by atoms with van der Waals surface area (Å²) in [6.45, 7) is 7.81. The molecule has 0 aliphatic heterocycles. The van der Waals surface area contributed by atoms with Crippen molar-refractivity contribution in [2.75, 3.05) is 0 Å². The molecule has 0 spiro atoms. The molecule has 1 rings (SSSR count). The van der Waals surface area contributed by atoms with Crippen molar-refractivity contribution in [3.8, 4) is 0 Å². The molecule has 0 saturated carbocycles. The van der Waals surface area contributed by atoms with Gasteiger partial charge in [-0.15, -0.1) is 0 Å². The third-order valence-electron chi connectivity index (χ3n) is 3.34. The van der Waals surface area contributed by atoms with E-state index in [2.05, 4.69) is 0 Å². The number of carbonyl (C=O) groups is 2. The van der Waals surface area contributed by atoms with Crippen molar-refractivity contribution in [3.63, 3.8) is 0 Å². The van der Waals surface area contributed by atoms with Gasteiger partial charge in [0.15, 0.2) is 0 Å². The lowest BCUT2D eigenvalue weighted by Gasteiger charge is -2.14. The Kier molecular flexibility index (Phi) is 7.64. The second-order valence-corrected chi connectivity index (χ2v) is 5.59. The van der Waals surface area contributed by atoms with Gasteiger partial charge in [-0.1, -0.05) is 32.8 Å². The molecule has 2 atom stereocenters. The zero-order valence-electron chi connectivity index (χ0n) is 13.9. The average Bonchev–Trinajstić information content (AvgIpc) is 2.47. The minimum Gasteiger partial charge on any atom is -0.459 e. The van der Waals surface area contributed by atoms with Crippen LogP contribution in [0.1, 0.15) is 74.1 Å². The van der Waals surface area contributed by atoms with Gasteiger partial charge in [0, 0.05) is 0 Å². The third kappa shape index (κ3) is 5.88. The summed E-state index contributed by atoms with van der Waals surface area (Å²) in [5, 5.41) is 0. The summed E-state index contributed by atoms with van der Waals surface area (Å²) >= 11 is 0. The van der Waals surface area contributed by atoms with Crippen LogP contribution in [-0.2, 0) is 9.47 Å². The SMILES string of the molecule is CCCC(C)OC(=O)c1cccc(C(=O)OC(C)CCC)c1. The summed E-state index contributed by atoms with van der Waals surface area (Å²) in [5.41, 5.74) is 0.751. The quantitative estimate of drug-likeness (QED) is 0.669.